The molecule has 0 aromatic carbocycles. The van der Waals surface area contributed by atoms with Crippen LogP contribution in [0.25, 0.3) is 0 Å². The van der Waals surface area contributed by atoms with Crippen molar-refractivity contribution in [1.29, 1.82) is 0 Å². The largest absolute Gasteiger partial charge is 0.486 e. The predicted molar refractivity (Wildman–Crippen MR) is 65.6 cm³/mol. The van der Waals surface area contributed by atoms with Crippen LogP contribution in [-0.2, 0) is 6.61 Å². The average Bonchev–Trinajstić information content (AvgIpc) is 2.63. The number of ether oxygens (including phenoxy) is 1. The van der Waals surface area contributed by atoms with E-state index >= 15 is 0 Å². The van der Waals surface area contributed by atoms with Crippen LogP contribution >= 0.6 is 38.9 Å². The number of hydrogen-bond acceptors (Lipinski definition) is 3. The van der Waals surface area contributed by atoms with Gasteiger partial charge >= 0.3 is 0 Å². The zero-order chi connectivity index (χ0) is 10.7. The molecule has 2 rings (SSSR count). The van der Waals surface area contributed by atoms with Crippen LogP contribution in [0.5, 0.6) is 5.75 Å². The van der Waals surface area contributed by atoms with Crippen molar-refractivity contribution in [3.63, 3.8) is 0 Å². The fraction of sp³-hybridized carbons (Fsp3) is 0.100. The maximum atomic E-state index is 5.94. The molecule has 2 heterocycles. The second-order valence-corrected chi connectivity index (χ2v) is 5.02. The summed E-state index contributed by atoms with van der Waals surface area (Å²) in [5, 5.41) is 2.70. The van der Waals surface area contributed by atoms with Gasteiger partial charge in [0, 0.05) is 0 Å². The average molecular weight is 305 g/mol. The summed E-state index contributed by atoms with van der Waals surface area (Å²) in [5.74, 6) is 0.739. The van der Waals surface area contributed by atoms with Crippen molar-refractivity contribution in [2.24, 2.45) is 0 Å². The number of pyridine rings is 1. The van der Waals surface area contributed by atoms with E-state index in [1.807, 2.05) is 23.6 Å². The topological polar surface area (TPSA) is 22.1 Å². The summed E-state index contributed by atoms with van der Waals surface area (Å²) in [5.41, 5.74) is 0. The number of halogens is 2. The Balaban J connectivity index is 1.99. The van der Waals surface area contributed by atoms with Gasteiger partial charge < -0.3 is 4.74 Å². The van der Waals surface area contributed by atoms with E-state index in [1.165, 1.54) is 0 Å². The first-order valence-corrected chi connectivity index (χ1v) is 6.27. The van der Waals surface area contributed by atoms with E-state index in [0.29, 0.717) is 6.61 Å². The standard InChI is InChI=1S/C10H7BrClNOS/c11-10-2-1-7(5-13-10)14-6-9-8(12)3-4-15-9/h1-5H,6H2. The maximum Gasteiger partial charge on any atom is 0.138 e. The van der Waals surface area contributed by atoms with Crippen molar-refractivity contribution in [1.82, 2.24) is 4.98 Å². The maximum absolute atomic E-state index is 5.94. The Morgan fingerprint density at radius 2 is 2.27 bits per heavy atom. The van der Waals surface area contributed by atoms with Crippen LogP contribution in [0, 0.1) is 0 Å². The third-order valence-corrected chi connectivity index (χ3v) is 3.59. The van der Waals surface area contributed by atoms with E-state index in [2.05, 4.69) is 20.9 Å². The zero-order valence-corrected chi connectivity index (χ0v) is 10.8. The summed E-state index contributed by atoms with van der Waals surface area (Å²) in [6.45, 7) is 0.486. The highest BCUT2D eigenvalue weighted by Crippen LogP contribution is 2.23. The Labute approximate surface area is 105 Å². The van der Waals surface area contributed by atoms with Crippen molar-refractivity contribution < 1.29 is 4.74 Å². The fourth-order valence-electron chi connectivity index (χ4n) is 1.02. The van der Waals surface area contributed by atoms with Gasteiger partial charge in [-0.15, -0.1) is 11.3 Å². The van der Waals surface area contributed by atoms with Crippen molar-refractivity contribution in [2.75, 3.05) is 0 Å². The van der Waals surface area contributed by atoms with Crippen LogP contribution < -0.4 is 4.74 Å². The number of thiophene rings is 1. The molecule has 78 valence electrons. The SMILES string of the molecule is Clc1ccsc1COc1ccc(Br)nc1. The number of nitrogens with zero attached hydrogens (tertiary/aromatic N) is 1. The Morgan fingerprint density at radius 3 is 2.87 bits per heavy atom. The van der Waals surface area contributed by atoms with Crippen molar-refractivity contribution >= 4 is 38.9 Å². The Hall–Kier alpha value is -0.580. The van der Waals surface area contributed by atoms with Gasteiger partial charge in [0.05, 0.1) is 16.1 Å². The Morgan fingerprint density at radius 1 is 1.40 bits per heavy atom. The molecule has 2 aromatic heterocycles. The van der Waals surface area contributed by atoms with Crippen molar-refractivity contribution in [2.45, 2.75) is 6.61 Å². The minimum absolute atomic E-state index is 0.486. The molecule has 0 radical (unpaired) electrons. The first-order valence-electron chi connectivity index (χ1n) is 4.22. The second kappa shape index (κ2) is 4.96. The lowest BCUT2D eigenvalue weighted by atomic mass is 10.4. The Bertz CT molecular complexity index is 443. The van der Waals surface area contributed by atoms with E-state index in [-0.39, 0.29) is 0 Å². The molecule has 2 nitrogen and oxygen atoms in total. The van der Waals surface area contributed by atoms with Crippen LogP contribution in [0.3, 0.4) is 0 Å². The van der Waals surface area contributed by atoms with Gasteiger partial charge in [0.1, 0.15) is 17.0 Å². The van der Waals surface area contributed by atoms with Crippen LogP contribution in [0.4, 0.5) is 0 Å². The molecular weight excluding hydrogens is 298 g/mol. The van der Waals surface area contributed by atoms with Gasteiger partial charge in [0.25, 0.3) is 0 Å². The highest BCUT2D eigenvalue weighted by atomic mass is 79.9. The van der Waals surface area contributed by atoms with Gasteiger partial charge in [-0.2, -0.15) is 0 Å². The highest BCUT2D eigenvalue weighted by Gasteiger charge is 2.02. The summed E-state index contributed by atoms with van der Waals surface area (Å²) in [6, 6.07) is 5.56. The molecule has 0 aliphatic rings. The van der Waals surface area contributed by atoms with Crippen LogP contribution in [0.1, 0.15) is 4.88 Å². The lowest BCUT2D eigenvalue weighted by Gasteiger charge is -2.04. The molecule has 0 saturated heterocycles. The molecule has 15 heavy (non-hydrogen) atoms. The minimum Gasteiger partial charge on any atom is -0.486 e. The lowest BCUT2D eigenvalue weighted by Crippen LogP contribution is -1.93. The van der Waals surface area contributed by atoms with Crippen molar-refractivity contribution in [3.8, 4) is 5.75 Å². The van der Waals surface area contributed by atoms with E-state index in [9.17, 15) is 0 Å². The van der Waals surface area contributed by atoms with E-state index in [1.54, 1.807) is 17.5 Å². The Kier molecular flexibility index (Phi) is 3.61. The molecule has 5 heteroatoms. The van der Waals surface area contributed by atoms with Gasteiger partial charge in [-0.25, -0.2) is 4.98 Å². The van der Waals surface area contributed by atoms with Gasteiger partial charge in [0.15, 0.2) is 0 Å². The quantitative estimate of drug-likeness (QED) is 0.795. The monoisotopic (exact) mass is 303 g/mol. The van der Waals surface area contributed by atoms with E-state index in [0.717, 1.165) is 20.3 Å². The molecule has 0 bridgehead atoms. The van der Waals surface area contributed by atoms with Crippen LogP contribution in [0.15, 0.2) is 34.4 Å². The van der Waals surface area contributed by atoms with Crippen molar-refractivity contribution in [3.05, 3.63) is 44.3 Å². The summed E-state index contributed by atoms with van der Waals surface area (Å²) >= 11 is 10.8. The molecule has 0 aliphatic carbocycles. The lowest BCUT2D eigenvalue weighted by molar-refractivity contribution is 0.308. The van der Waals surface area contributed by atoms with Gasteiger partial charge in [-0.3, -0.25) is 0 Å². The number of hydrogen-bond donors (Lipinski definition) is 0. The molecule has 0 fully saturated rings. The smallest absolute Gasteiger partial charge is 0.138 e. The molecule has 0 atom stereocenters. The fourth-order valence-corrected chi connectivity index (χ4v) is 2.26. The summed E-state index contributed by atoms with van der Waals surface area (Å²) in [7, 11) is 0. The van der Waals surface area contributed by atoms with E-state index in [4.69, 9.17) is 16.3 Å². The molecule has 2 aromatic rings. The van der Waals surface area contributed by atoms with E-state index < -0.39 is 0 Å². The number of rotatable bonds is 3. The van der Waals surface area contributed by atoms with Gasteiger partial charge in [-0.1, -0.05) is 11.6 Å². The zero-order valence-electron chi connectivity index (χ0n) is 7.61. The van der Waals surface area contributed by atoms with Gasteiger partial charge in [-0.05, 0) is 39.5 Å². The third kappa shape index (κ3) is 2.93. The third-order valence-electron chi connectivity index (χ3n) is 1.76. The molecule has 0 spiro atoms. The second-order valence-electron chi connectivity index (χ2n) is 2.80. The summed E-state index contributed by atoms with van der Waals surface area (Å²) in [4.78, 5) is 5.09. The van der Waals surface area contributed by atoms with Gasteiger partial charge in [0.2, 0.25) is 0 Å². The number of aromatic nitrogens is 1. The highest BCUT2D eigenvalue weighted by molar-refractivity contribution is 9.10. The molecule has 0 N–H and O–H groups in total. The first kappa shape index (κ1) is 10.9. The molecule has 0 unspecified atom stereocenters. The van der Waals surface area contributed by atoms with Crippen LogP contribution in [0.2, 0.25) is 5.02 Å². The summed E-state index contributed by atoms with van der Waals surface area (Å²) < 4.78 is 6.32. The van der Waals surface area contributed by atoms with Crippen LogP contribution in [-0.4, -0.2) is 4.98 Å². The molecule has 0 aliphatic heterocycles. The molecule has 0 saturated carbocycles. The predicted octanol–water partition coefficient (Wildman–Crippen LogP) is 4.14. The normalized spacial score (nSPS) is 10.3. The minimum atomic E-state index is 0.486. The summed E-state index contributed by atoms with van der Waals surface area (Å²) in [6.07, 6.45) is 1.67. The molecular formula is C10H7BrClNOS. The first-order chi connectivity index (χ1) is 7.25. The molecule has 0 amide bonds.